The van der Waals surface area contributed by atoms with Gasteiger partial charge in [0.15, 0.2) is 11.6 Å². The quantitative estimate of drug-likeness (QED) is 0.324. The van der Waals surface area contributed by atoms with Gasteiger partial charge in [0.25, 0.3) is 0 Å². The van der Waals surface area contributed by atoms with Gasteiger partial charge in [0.2, 0.25) is 0 Å². The lowest BCUT2D eigenvalue weighted by molar-refractivity contribution is -0.192. The molecule has 3 heteroatoms. The second kappa shape index (κ2) is 7.31. The molecule has 1 spiro atoms. The zero-order valence-electron chi connectivity index (χ0n) is 21.9. The van der Waals surface area contributed by atoms with Gasteiger partial charge in [-0.3, -0.25) is 9.59 Å². The van der Waals surface area contributed by atoms with Crippen LogP contribution in [0.1, 0.15) is 101 Å². The first-order valence-electron chi connectivity index (χ1n) is 12.8. The first-order chi connectivity index (χ1) is 14.6. The second-order valence-electron chi connectivity index (χ2n) is 13.4. The number of fused-ring (bicyclic) bond motifs is 2. The summed E-state index contributed by atoms with van der Waals surface area (Å²) in [5.74, 6) is 2.29. The van der Waals surface area contributed by atoms with Crippen molar-refractivity contribution in [3.05, 3.63) is 23.0 Å². The number of hydrogen-bond acceptors (Lipinski definition) is 3. The minimum absolute atomic E-state index is 0.00222. The number of carbonyl (C=O) groups is 2. The molecule has 0 saturated heterocycles. The Balaban J connectivity index is 1.87. The highest BCUT2D eigenvalue weighted by molar-refractivity contribution is 6.19. The summed E-state index contributed by atoms with van der Waals surface area (Å²) < 4.78 is 7.11. The fraction of sp³-hybridized carbons (Fsp3) is 0.793. The molecule has 32 heavy (non-hydrogen) atoms. The first kappa shape index (κ1) is 23.8. The van der Waals surface area contributed by atoms with Crippen molar-refractivity contribution in [2.45, 2.75) is 106 Å². The van der Waals surface area contributed by atoms with Crippen molar-refractivity contribution in [1.82, 2.24) is 0 Å². The third-order valence-electron chi connectivity index (χ3n) is 9.63. The summed E-state index contributed by atoms with van der Waals surface area (Å²) in [6.45, 7) is 19.1. The van der Waals surface area contributed by atoms with Gasteiger partial charge in [-0.15, -0.1) is 0 Å². The van der Waals surface area contributed by atoms with Crippen LogP contribution < -0.4 is 0 Å². The van der Waals surface area contributed by atoms with Crippen LogP contribution in [-0.2, 0) is 14.3 Å². The Hall–Kier alpha value is -1.38. The summed E-state index contributed by atoms with van der Waals surface area (Å²) in [4.78, 5) is 27.2. The molecule has 1 fully saturated rings. The maximum atomic E-state index is 13.7. The Kier molecular flexibility index (Phi) is 5.43. The van der Waals surface area contributed by atoms with Crippen LogP contribution in [0.3, 0.4) is 0 Å². The Labute approximate surface area is 195 Å². The summed E-state index contributed by atoms with van der Waals surface area (Å²) >= 11 is 0. The van der Waals surface area contributed by atoms with Gasteiger partial charge in [-0.1, -0.05) is 39.3 Å². The number of carbonyl (C=O) groups excluding carboxylic acids is 2. The van der Waals surface area contributed by atoms with Crippen LogP contribution in [0.4, 0.5) is 0 Å². The smallest absolute Gasteiger partial charge is 0.175 e. The lowest BCUT2D eigenvalue weighted by atomic mass is 9.47. The molecule has 1 saturated carbocycles. The largest absolute Gasteiger partial charge is 0.490 e. The molecule has 3 aliphatic carbocycles. The lowest BCUT2D eigenvalue weighted by Gasteiger charge is -2.62. The van der Waals surface area contributed by atoms with Crippen LogP contribution in [0.15, 0.2) is 23.0 Å². The molecule has 1 aliphatic heterocycles. The number of ketones is 2. The Bertz CT molecular complexity index is 897. The van der Waals surface area contributed by atoms with Crippen LogP contribution in [-0.4, -0.2) is 17.2 Å². The minimum atomic E-state index is -0.984. The molecule has 0 radical (unpaired) electrons. The molecule has 1 heterocycles. The summed E-state index contributed by atoms with van der Waals surface area (Å²) in [6.07, 6.45) is 8.83. The molecule has 0 unspecified atom stereocenters. The third-order valence-corrected chi connectivity index (χ3v) is 9.63. The van der Waals surface area contributed by atoms with Crippen molar-refractivity contribution in [1.29, 1.82) is 0 Å². The average molecular weight is 441 g/mol. The van der Waals surface area contributed by atoms with E-state index in [-0.39, 0.29) is 23.1 Å². The van der Waals surface area contributed by atoms with Crippen LogP contribution >= 0.6 is 0 Å². The molecule has 4 aliphatic rings. The van der Waals surface area contributed by atoms with Gasteiger partial charge in [0.05, 0.1) is 10.8 Å². The van der Waals surface area contributed by atoms with E-state index < -0.39 is 10.8 Å². The Morgan fingerprint density at radius 1 is 0.969 bits per heavy atom. The van der Waals surface area contributed by atoms with Gasteiger partial charge in [0, 0.05) is 11.5 Å². The highest BCUT2D eigenvalue weighted by Crippen LogP contribution is 2.64. The van der Waals surface area contributed by atoms with E-state index >= 15 is 0 Å². The highest BCUT2D eigenvalue weighted by Gasteiger charge is 2.64. The molecular weight excluding hydrogens is 396 g/mol. The van der Waals surface area contributed by atoms with Crippen molar-refractivity contribution in [3.8, 4) is 0 Å². The number of rotatable bonds is 1. The second-order valence-corrected chi connectivity index (χ2v) is 13.4. The van der Waals surface area contributed by atoms with Crippen molar-refractivity contribution in [3.63, 3.8) is 0 Å². The summed E-state index contributed by atoms with van der Waals surface area (Å²) in [5, 5.41) is 0. The molecule has 0 aromatic carbocycles. The Morgan fingerprint density at radius 2 is 1.62 bits per heavy atom. The van der Waals surface area contributed by atoms with Gasteiger partial charge < -0.3 is 4.74 Å². The zero-order chi connectivity index (χ0) is 23.9. The normalized spacial score (nSPS) is 39.7. The number of allylic oxidation sites excluding steroid dienone is 4. The number of hydrogen-bond donors (Lipinski definition) is 0. The molecule has 0 aromatic heterocycles. The third kappa shape index (κ3) is 3.28. The average Bonchev–Trinajstić information content (AvgIpc) is 2.73. The zero-order valence-corrected chi connectivity index (χ0v) is 21.9. The molecule has 0 aromatic rings. The van der Waals surface area contributed by atoms with Gasteiger partial charge in [-0.25, -0.2) is 0 Å². The van der Waals surface area contributed by atoms with Crippen molar-refractivity contribution in [2.75, 3.05) is 0 Å². The predicted octanol–water partition coefficient (Wildman–Crippen LogP) is 7.06. The topological polar surface area (TPSA) is 43.4 Å². The molecular formula is C29H44O3. The van der Waals surface area contributed by atoms with E-state index in [0.717, 1.165) is 31.3 Å². The predicted molar refractivity (Wildman–Crippen MR) is 129 cm³/mol. The van der Waals surface area contributed by atoms with E-state index in [0.29, 0.717) is 28.9 Å². The van der Waals surface area contributed by atoms with Crippen LogP contribution in [0, 0.1) is 39.9 Å². The molecule has 3 nitrogen and oxygen atoms in total. The summed E-state index contributed by atoms with van der Waals surface area (Å²) in [5.41, 5.74) is 0.596. The Morgan fingerprint density at radius 3 is 2.22 bits per heavy atom. The van der Waals surface area contributed by atoms with E-state index in [2.05, 4.69) is 40.7 Å². The molecule has 178 valence electrons. The molecule has 0 N–H and O–H groups in total. The van der Waals surface area contributed by atoms with E-state index in [1.54, 1.807) is 0 Å². The van der Waals surface area contributed by atoms with Crippen molar-refractivity contribution in [2.24, 2.45) is 39.9 Å². The van der Waals surface area contributed by atoms with Gasteiger partial charge in [0.1, 0.15) is 11.4 Å². The van der Waals surface area contributed by atoms with E-state index in [1.165, 1.54) is 18.4 Å². The number of ether oxygens (including phenoxy) is 1. The van der Waals surface area contributed by atoms with E-state index in [1.807, 2.05) is 27.7 Å². The van der Waals surface area contributed by atoms with Gasteiger partial charge in [-0.05, 0) is 96.3 Å². The van der Waals surface area contributed by atoms with Crippen LogP contribution in [0.2, 0.25) is 0 Å². The highest BCUT2D eigenvalue weighted by atomic mass is 16.5. The molecule has 0 amide bonds. The fourth-order valence-electron chi connectivity index (χ4n) is 7.57. The molecule has 4 atom stereocenters. The molecule has 4 rings (SSSR count). The fourth-order valence-corrected chi connectivity index (χ4v) is 7.57. The summed E-state index contributed by atoms with van der Waals surface area (Å²) in [6, 6.07) is 0. The van der Waals surface area contributed by atoms with Crippen LogP contribution in [0.5, 0.6) is 0 Å². The van der Waals surface area contributed by atoms with Gasteiger partial charge >= 0.3 is 0 Å². The maximum absolute atomic E-state index is 13.7. The molecule has 0 bridgehead atoms. The number of Topliss-reactive ketones (excluding diaryl/α,β-unsaturated/α-hetero) is 2. The summed E-state index contributed by atoms with van der Waals surface area (Å²) in [7, 11) is 0. The maximum Gasteiger partial charge on any atom is 0.175 e. The van der Waals surface area contributed by atoms with Crippen molar-refractivity contribution < 1.29 is 14.3 Å². The van der Waals surface area contributed by atoms with E-state index in [4.69, 9.17) is 4.74 Å². The minimum Gasteiger partial charge on any atom is -0.490 e. The SMILES string of the molecule is C/C1=C/CC[C@@]2(C[C@H](C(C)C)C3=C(O2)C(C)(C)C(=O)C(C)(C)C3=O)[C@H]2CC(C)(C)[C@@H]2CC1. The first-order valence-corrected chi connectivity index (χ1v) is 12.8. The van der Waals surface area contributed by atoms with Crippen molar-refractivity contribution >= 4 is 11.6 Å². The van der Waals surface area contributed by atoms with Crippen LogP contribution in [0.25, 0.3) is 0 Å². The van der Waals surface area contributed by atoms with Gasteiger partial charge in [-0.2, -0.15) is 0 Å². The monoisotopic (exact) mass is 440 g/mol. The standard InChI is InChI=1S/C29H44O3/c1-17(2)19-15-29(14-10-11-18(3)12-13-20-21(29)16-26(20,4)5)32-24-22(19)23(30)27(6,7)25(31)28(24,8)9/h11,17,19-21H,10,12-16H2,1-9H3/b18-11-/t19-,20-,21+,29-/m1/s1. The lowest BCUT2D eigenvalue weighted by Crippen LogP contribution is -2.62. The van der Waals surface area contributed by atoms with E-state index in [9.17, 15) is 9.59 Å².